The Labute approximate surface area is 74.0 Å². The molecule has 0 spiro atoms. The zero-order valence-corrected chi connectivity index (χ0v) is 6.81. The smallest absolute Gasteiger partial charge is 0.340 e. The summed E-state index contributed by atoms with van der Waals surface area (Å²) in [5.74, 6) is -2.17. The molecule has 0 aromatic carbocycles. The number of pyridine rings is 1. The van der Waals surface area contributed by atoms with Crippen molar-refractivity contribution in [2.75, 3.05) is 7.11 Å². The van der Waals surface area contributed by atoms with Crippen molar-refractivity contribution in [3.05, 3.63) is 29.6 Å². The molecule has 0 radical (unpaired) electrons. The molecule has 1 rings (SSSR count). The van der Waals surface area contributed by atoms with E-state index < -0.39 is 11.9 Å². The lowest BCUT2D eigenvalue weighted by atomic mass is 10.1. The molecule has 68 valence electrons. The largest absolute Gasteiger partial charge is 0.545 e. The number of aromatic carboxylic acids is 1. The Hall–Kier alpha value is -1.91. The third-order valence-electron chi connectivity index (χ3n) is 1.45. The summed E-state index contributed by atoms with van der Waals surface area (Å²) in [5, 5.41) is 10.5. The average Bonchev–Trinajstić information content (AvgIpc) is 2.16. The van der Waals surface area contributed by atoms with Gasteiger partial charge in [0.15, 0.2) is 0 Å². The number of rotatable bonds is 2. The first-order chi connectivity index (χ1) is 6.16. The van der Waals surface area contributed by atoms with Gasteiger partial charge in [-0.2, -0.15) is 0 Å². The molecule has 0 fully saturated rings. The number of hydrogen-bond acceptors (Lipinski definition) is 5. The van der Waals surface area contributed by atoms with E-state index in [0.29, 0.717) is 0 Å². The second-order valence-corrected chi connectivity index (χ2v) is 2.20. The number of carbonyl (C=O) groups excluding carboxylic acids is 2. The highest BCUT2D eigenvalue weighted by atomic mass is 16.5. The van der Waals surface area contributed by atoms with Crippen LogP contribution in [0.5, 0.6) is 0 Å². The molecule has 5 heteroatoms. The summed E-state index contributed by atoms with van der Waals surface area (Å²) in [6.45, 7) is 0. The van der Waals surface area contributed by atoms with Crippen LogP contribution in [0.1, 0.15) is 20.7 Å². The fourth-order valence-corrected chi connectivity index (χ4v) is 0.845. The van der Waals surface area contributed by atoms with E-state index in [1.54, 1.807) is 0 Å². The number of carbonyl (C=O) groups is 2. The second kappa shape index (κ2) is 3.66. The highest BCUT2D eigenvalue weighted by Gasteiger charge is 2.11. The monoisotopic (exact) mass is 180 g/mol. The van der Waals surface area contributed by atoms with Crippen molar-refractivity contribution in [2.24, 2.45) is 0 Å². The van der Waals surface area contributed by atoms with Gasteiger partial charge in [-0.1, -0.05) is 0 Å². The predicted octanol–water partition coefficient (Wildman–Crippen LogP) is -0.768. The van der Waals surface area contributed by atoms with Crippen LogP contribution in [0, 0.1) is 0 Å². The van der Waals surface area contributed by atoms with E-state index in [0.717, 1.165) is 13.3 Å². The van der Waals surface area contributed by atoms with Gasteiger partial charge in [0.05, 0.1) is 18.6 Å². The number of aromatic nitrogens is 1. The van der Waals surface area contributed by atoms with E-state index in [4.69, 9.17) is 0 Å². The molecule has 0 unspecified atom stereocenters. The van der Waals surface area contributed by atoms with Crippen LogP contribution in [-0.2, 0) is 4.74 Å². The van der Waals surface area contributed by atoms with Crippen molar-refractivity contribution >= 4 is 11.9 Å². The number of nitrogens with zero attached hydrogens (tertiary/aromatic N) is 1. The SMILES string of the molecule is COC(=O)c1cnccc1C(=O)[O-]. The number of esters is 1. The summed E-state index contributed by atoms with van der Waals surface area (Å²) < 4.78 is 4.36. The van der Waals surface area contributed by atoms with E-state index >= 15 is 0 Å². The lowest BCUT2D eigenvalue weighted by Gasteiger charge is -2.06. The number of methoxy groups -OCH3 is 1. The zero-order chi connectivity index (χ0) is 9.84. The van der Waals surface area contributed by atoms with Crippen LogP contribution in [0.3, 0.4) is 0 Å². The van der Waals surface area contributed by atoms with Gasteiger partial charge in [-0.15, -0.1) is 0 Å². The number of carboxylic acid groups (broad SMARTS) is 1. The lowest BCUT2D eigenvalue weighted by molar-refractivity contribution is -0.255. The van der Waals surface area contributed by atoms with E-state index in [1.165, 1.54) is 12.3 Å². The highest BCUT2D eigenvalue weighted by Crippen LogP contribution is 2.06. The Morgan fingerprint density at radius 1 is 1.46 bits per heavy atom. The fourth-order valence-electron chi connectivity index (χ4n) is 0.845. The Morgan fingerprint density at radius 3 is 2.69 bits per heavy atom. The molecule has 1 aromatic rings. The van der Waals surface area contributed by atoms with Gasteiger partial charge < -0.3 is 14.6 Å². The molecule has 1 aromatic heterocycles. The van der Waals surface area contributed by atoms with Gasteiger partial charge in [0.1, 0.15) is 0 Å². The van der Waals surface area contributed by atoms with Crippen LogP contribution in [0.15, 0.2) is 18.5 Å². The molecule has 0 aliphatic heterocycles. The summed E-state index contributed by atoms with van der Waals surface area (Å²) in [5.41, 5.74) is -0.327. The normalized spacial score (nSPS) is 9.31. The maximum atomic E-state index is 11.0. The number of hydrogen-bond donors (Lipinski definition) is 0. The van der Waals surface area contributed by atoms with Gasteiger partial charge in [-0.25, -0.2) is 4.79 Å². The summed E-state index contributed by atoms with van der Waals surface area (Å²) >= 11 is 0. The Morgan fingerprint density at radius 2 is 2.15 bits per heavy atom. The van der Waals surface area contributed by atoms with Crippen LogP contribution in [0.4, 0.5) is 0 Å². The summed E-state index contributed by atoms with van der Waals surface area (Å²) in [6.07, 6.45) is 2.38. The highest BCUT2D eigenvalue weighted by molar-refractivity contribution is 6.01. The fraction of sp³-hybridized carbons (Fsp3) is 0.125. The third kappa shape index (κ3) is 1.81. The molecule has 0 saturated heterocycles. The van der Waals surface area contributed by atoms with Gasteiger partial charge in [0.25, 0.3) is 0 Å². The van der Waals surface area contributed by atoms with Gasteiger partial charge >= 0.3 is 5.97 Å². The third-order valence-corrected chi connectivity index (χ3v) is 1.45. The standard InChI is InChI=1S/C8H7NO4/c1-13-8(12)6-4-9-3-2-5(6)7(10)11/h2-4H,1H3,(H,10,11)/p-1. The van der Waals surface area contributed by atoms with Crippen molar-refractivity contribution in [3.63, 3.8) is 0 Å². The van der Waals surface area contributed by atoms with Crippen LogP contribution < -0.4 is 5.11 Å². The van der Waals surface area contributed by atoms with Crippen LogP contribution in [-0.4, -0.2) is 24.0 Å². The molecule has 0 aliphatic rings. The van der Waals surface area contributed by atoms with Crippen LogP contribution in [0.2, 0.25) is 0 Å². The van der Waals surface area contributed by atoms with Crippen molar-refractivity contribution in [1.29, 1.82) is 0 Å². The molecule has 5 nitrogen and oxygen atoms in total. The van der Waals surface area contributed by atoms with Crippen molar-refractivity contribution < 1.29 is 19.4 Å². The van der Waals surface area contributed by atoms with Crippen molar-refractivity contribution in [2.45, 2.75) is 0 Å². The zero-order valence-electron chi connectivity index (χ0n) is 6.81. The minimum atomic E-state index is -1.43. The quantitative estimate of drug-likeness (QED) is 0.558. The van der Waals surface area contributed by atoms with Crippen LogP contribution in [0.25, 0.3) is 0 Å². The summed E-state index contributed by atoms with van der Waals surface area (Å²) in [4.78, 5) is 25.1. The first kappa shape index (κ1) is 9.18. The summed E-state index contributed by atoms with van der Waals surface area (Å²) in [7, 11) is 1.16. The van der Waals surface area contributed by atoms with Gasteiger partial charge in [-0.05, 0) is 6.07 Å². The molecule has 1 heterocycles. The first-order valence-electron chi connectivity index (χ1n) is 3.40. The first-order valence-corrected chi connectivity index (χ1v) is 3.40. The van der Waals surface area contributed by atoms with Crippen LogP contribution >= 0.6 is 0 Å². The average molecular weight is 180 g/mol. The summed E-state index contributed by atoms with van der Waals surface area (Å²) in [6, 6.07) is 1.18. The molecule has 0 N–H and O–H groups in total. The van der Waals surface area contributed by atoms with Gasteiger partial charge in [0.2, 0.25) is 0 Å². The topological polar surface area (TPSA) is 79.3 Å². The van der Waals surface area contributed by atoms with Gasteiger partial charge in [0, 0.05) is 18.0 Å². The molecular formula is C8H6NO4-. The minimum Gasteiger partial charge on any atom is -0.545 e. The lowest BCUT2D eigenvalue weighted by Crippen LogP contribution is -2.25. The van der Waals surface area contributed by atoms with Crippen molar-refractivity contribution in [1.82, 2.24) is 4.98 Å². The number of ether oxygens (including phenoxy) is 1. The Kier molecular flexibility index (Phi) is 2.59. The molecule has 0 amide bonds. The molecule has 0 aliphatic carbocycles. The molecule has 0 saturated carbocycles. The number of carboxylic acids is 1. The van der Waals surface area contributed by atoms with E-state index in [2.05, 4.69) is 9.72 Å². The van der Waals surface area contributed by atoms with E-state index in [1.807, 2.05) is 0 Å². The Balaban J connectivity index is 3.19. The molecular weight excluding hydrogens is 174 g/mol. The maximum Gasteiger partial charge on any atom is 0.340 e. The maximum absolute atomic E-state index is 11.0. The minimum absolute atomic E-state index is 0.106. The van der Waals surface area contributed by atoms with E-state index in [9.17, 15) is 14.7 Å². The van der Waals surface area contributed by atoms with Crippen molar-refractivity contribution in [3.8, 4) is 0 Å². The molecule has 13 heavy (non-hydrogen) atoms. The molecule has 0 atom stereocenters. The van der Waals surface area contributed by atoms with E-state index in [-0.39, 0.29) is 11.1 Å². The second-order valence-electron chi connectivity index (χ2n) is 2.20. The predicted molar refractivity (Wildman–Crippen MR) is 39.9 cm³/mol. The van der Waals surface area contributed by atoms with Gasteiger partial charge in [-0.3, -0.25) is 4.98 Å². The Bertz CT molecular complexity index is 348. The molecule has 0 bridgehead atoms.